The van der Waals surface area contributed by atoms with Crippen molar-refractivity contribution in [1.82, 2.24) is 0 Å². The summed E-state index contributed by atoms with van der Waals surface area (Å²) in [6.45, 7) is 0. The second kappa shape index (κ2) is 7.12. The molecule has 26 heavy (non-hydrogen) atoms. The largest absolute Gasteiger partial charge is 0.384 e. The quantitative estimate of drug-likeness (QED) is 0.549. The van der Waals surface area contributed by atoms with Crippen molar-refractivity contribution >= 4 is 10.8 Å². The standard InChI is InChI=1S/C24H20O2/c25-23(18-9-3-1-4-10-18)20-15-7-13-17-14-8-16-21(22(17)20)24(26)19-11-5-2-6-12-19/h1-16,23-26H. The van der Waals surface area contributed by atoms with Gasteiger partial charge in [0.1, 0.15) is 12.2 Å². The normalized spacial score (nSPS) is 13.5. The molecule has 128 valence electrons. The third-order valence-corrected chi connectivity index (χ3v) is 4.79. The highest BCUT2D eigenvalue weighted by atomic mass is 16.3. The van der Waals surface area contributed by atoms with E-state index in [4.69, 9.17) is 0 Å². The lowest BCUT2D eigenvalue weighted by Gasteiger charge is -2.20. The summed E-state index contributed by atoms with van der Waals surface area (Å²) < 4.78 is 0. The van der Waals surface area contributed by atoms with Crippen LogP contribution in [0, 0.1) is 0 Å². The minimum absolute atomic E-state index is 0.746. The van der Waals surface area contributed by atoms with Crippen molar-refractivity contribution in [3.05, 3.63) is 119 Å². The van der Waals surface area contributed by atoms with E-state index in [1.54, 1.807) is 0 Å². The Labute approximate surface area is 153 Å². The van der Waals surface area contributed by atoms with Gasteiger partial charge in [0, 0.05) is 0 Å². The van der Waals surface area contributed by atoms with Gasteiger partial charge >= 0.3 is 0 Å². The number of fused-ring (bicyclic) bond motifs is 1. The van der Waals surface area contributed by atoms with Gasteiger partial charge in [0.25, 0.3) is 0 Å². The molecule has 4 aromatic rings. The average molecular weight is 340 g/mol. The van der Waals surface area contributed by atoms with Gasteiger partial charge in [-0.2, -0.15) is 0 Å². The van der Waals surface area contributed by atoms with Crippen LogP contribution in [0.1, 0.15) is 34.5 Å². The number of hydrogen-bond acceptors (Lipinski definition) is 2. The fraction of sp³-hybridized carbons (Fsp3) is 0.0833. The predicted molar refractivity (Wildman–Crippen MR) is 105 cm³/mol. The summed E-state index contributed by atoms with van der Waals surface area (Å²) in [5, 5.41) is 23.9. The van der Waals surface area contributed by atoms with Gasteiger partial charge in [-0.05, 0) is 33.0 Å². The third kappa shape index (κ3) is 3.01. The highest BCUT2D eigenvalue weighted by molar-refractivity contribution is 5.90. The first-order valence-electron chi connectivity index (χ1n) is 8.73. The van der Waals surface area contributed by atoms with E-state index < -0.39 is 12.2 Å². The first kappa shape index (κ1) is 16.5. The van der Waals surface area contributed by atoms with Gasteiger partial charge in [0.2, 0.25) is 0 Å². The summed E-state index contributed by atoms with van der Waals surface area (Å²) in [7, 11) is 0. The molecule has 2 N–H and O–H groups in total. The van der Waals surface area contributed by atoms with Crippen LogP contribution in [0.5, 0.6) is 0 Å². The molecule has 0 aliphatic rings. The van der Waals surface area contributed by atoms with Crippen LogP contribution in [0.3, 0.4) is 0 Å². The topological polar surface area (TPSA) is 40.5 Å². The van der Waals surface area contributed by atoms with E-state index in [1.807, 2.05) is 97.1 Å². The van der Waals surface area contributed by atoms with Crippen LogP contribution < -0.4 is 0 Å². The van der Waals surface area contributed by atoms with Crippen molar-refractivity contribution in [2.75, 3.05) is 0 Å². The zero-order chi connectivity index (χ0) is 17.9. The molecule has 2 nitrogen and oxygen atoms in total. The van der Waals surface area contributed by atoms with Crippen molar-refractivity contribution in [1.29, 1.82) is 0 Å². The molecule has 0 saturated carbocycles. The molecule has 0 aliphatic carbocycles. The summed E-state index contributed by atoms with van der Waals surface area (Å²) >= 11 is 0. The maximum absolute atomic E-state index is 11.0. The Morgan fingerprint density at radius 2 is 0.885 bits per heavy atom. The van der Waals surface area contributed by atoms with E-state index in [0.717, 1.165) is 33.0 Å². The fourth-order valence-electron chi connectivity index (χ4n) is 3.49. The Morgan fingerprint density at radius 1 is 0.462 bits per heavy atom. The lowest BCUT2D eigenvalue weighted by molar-refractivity contribution is 0.217. The van der Waals surface area contributed by atoms with Crippen LogP contribution in [0.15, 0.2) is 97.1 Å². The van der Waals surface area contributed by atoms with E-state index >= 15 is 0 Å². The predicted octanol–water partition coefficient (Wildman–Crippen LogP) is 5.00. The zero-order valence-corrected chi connectivity index (χ0v) is 14.3. The van der Waals surface area contributed by atoms with Gasteiger partial charge in [-0.15, -0.1) is 0 Å². The van der Waals surface area contributed by atoms with Gasteiger partial charge in [0.15, 0.2) is 0 Å². The van der Waals surface area contributed by atoms with Crippen LogP contribution in [0.4, 0.5) is 0 Å². The highest BCUT2D eigenvalue weighted by Gasteiger charge is 2.19. The maximum Gasteiger partial charge on any atom is 0.105 e. The number of benzene rings is 4. The van der Waals surface area contributed by atoms with Gasteiger partial charge < -0.3 is 10.2 Å². The first-order valence-corrected chi connectivity index (χ1v) is 8.73. The van der Waals surface area contributed by atoms with Crippen LogP contribution in [0.25, 0.3) is 10.8 Å². The molecule has 4 rings (SSSR count). The number of aliphatic hydroxyl groups excluding tert-OH is 2. The average Bonchev–Trinajstić information content (AvgIpc) is 2.73. The monoisotopic (exact) mass is 340 g/mol. The van der Waals surface area contributed by atoms with Crippen molar-refractivity contribution in [3.63, 3.8) is 0 Å². The summed E-state index contributed by atoms with van der Waals surface area (Å²) in [6, 6.07) is 31.0. The fourth-order valence-corrected chi connectivity index (χ4v) is 3.49. The molecular formula is C24H20O2. The Balaban J connectivity index is 1.90. The lowest BCUT2D eigenvalue weighted by Crippen LogP contribution is -2.05. The summed E-state index contributed by atoms with van der Waals surface area (Å²) in [4.78, 5) is 0. The van der Waals surface area contributed by atoms with Crippen LogP contribution in [-0.4, -0.2) is 10.2 Å². The molecular weight excluding hydrogens is 320 g/mol. The van der Waals surface area contributed by atoms with E-state index in [9.17, 15) is 10.2 Å². The van der Waals surface area contributed by atoms with Crippen molar-refractivity contribution in [2.24, 2.45) is 0 Å². The van der Waals surface area contributed by atoms with Crippen LogP contribution in [0.2, 0.25) is 0 Å². The number of hydrogen-bond donors (Lipinski definition) is 2. The third-order valence-electron chi connectivity index (χ3n) is 4.79. The highest BCUT2D eigenvalue weighted by Crippen LogP contribution is 2.35. The molecule has 0 saturated heterocycles. The van der Waals surface area contributed by atoms with Gasteiger partial charge in [-0.3, -0.25) is 0 Å². The molecule has 0 fully saturated rings. The van der Waals surface area contributed by atoms with E-state index in [0.29, 0.717) is 0 Å². The molecule has 0 radical (unpaired) electrons. The molecule has 0 aromatic heterocycles. The maximum atomic E-state index is 11.0. The lowest BCUT2D eigenvalue weighted by atomic mass is 9.89. The van der Waals surface area contributed by atoms with Crippen LogP contribution in [-0.2, 0) is 0 Å². The molecule has 0 heterocycles. The number of aliphatic hydroxyl groups is 2. The molecule has 4 aromatic carbocycles. The minimum atomic E-state index is -0.746. The Morgan fingerprint density at radius 3 is 1.31 bits per heavy atom. The molecule has 2 atom stereocenters. The van der Waals surface area contributed by atoms with Gasteiger partial charge in [0.05, 0.1) is 0 Å². The summed E-state index contributed by atoms with van der Waals surface area (Å²) in [5.41, 5.74) is 3.28. The molecule has 0 amide bonds. The molecule has 0 spiro atoms. The second-order valence-electron chi connectivity index (χ2n) is 6.42. The number of rotatable bonds is 4. The van der Waals surface area contributed by atoms with Crippen molar-refractivity contribution in [2.45, 2.75) is 12.2 Å². The molecule has 2 heteroatoms. The SMILES string of the molecule is OC(c1ccccc1)c1cccc2cccc(C(O)c3ccccc3)c12. The van der Waals surface area contributed by atoms with E-state index in [-0.39, 0.29) is 0 Å². The first-order chi connectivity index (χ1) is 12.8. The summed E-state index contributed by atoms with van der Waals surface area (Å²) in [5.74, 6) is 0. The Hall–Kier alpha value is -2.94. The van der Waals surface area contributed by atoms with Crippen molar-refractivity contribution in [3.8, 4) is 0 Å². The molecule has 0 bridgehead atoms. The minimum Gasteiger partial charge on any atom is -0.384 e. The Kier molecular flexibility index (Phi) is 4.53. The van der Waals surface area contributed by atoms with E-state index in [2.05, 4.69) is 0 Å². The second-order valence-corrected chi connectivity index (χ2v) is 6.42. The summed E-state index contributed by atoms with van der Waals surface area (Å²) in [6.07, 6.45) is -1.49. The van der Waals surface area contributed by atoms with Crippen molar-refractivity contribution < 1.29 is 10.2 Å². The van der Waals surface area contributed by atoms with E-state index in [1.165, 1.54) is 0 Å². The zero-order valence-electron chi connectivity index (χ0n) is 14.3. The van der Waals surface area contributed by atoms with Crippen LogP contribution >= 0.6 is 0 Å². The van der Waals surface area contributed by atoms with Gasteiger partial charge in [-0.25, -0.2) is 0 Å². The van der Waals surface area contributed by atoms with Gasteiger partial charge in [-0.1, -0.05) is 97.1 Å². The Bertz CT molecular complexity index is 930. The molecule has 0 aliphatic heterocycles. The molecule has 2 unspecified atom stereocenters. The smallest absolute Gasteiger partial charge is 0.105 e.